The SMILES string of the molecule is CCN(CCCN1CCc2cccc3c2C1CC3)S(=O)(=O)c1cccc2cccnc12.Cl. The maximum absolute atomic E-state index is 13.4. The molecule has 5 nitrogen and oxygen atoms in total. The molecule has 0 N–H and O–H groups in total. The van der Waals surface area contributed by atoms with Gasteiger partial charge in [-0.2, -0.15) is 4.31 Å². The minimum atomic E-state index is -3.59. The maximum Gasteiger partial charge on any atom is 0.245 e. The van der Waals surface area contributed by atoms with Crippen LogP contribution in [0.15, 0.2) is 59.6 Å². The number of halogens is 1. The van der Waals surface area contributed by atoms with Gasteiger partial charge >= 0.3 is 0 Å². The van der Waals surface area contributed by atoms with Crippen LogP contribution < -0.4 is 0 Å². The summed E-state index contributed by atoms with van der Waals surface area (Å²) in [4.78, 5) is 7.23. The van der Waals surface area contributed by atoms with Crippen molar-refractivity contribution in [3.63, 3.8) is 0 Å². The number of sulfonamides is 1. The van der Waals surface area contributed by atoms with E-state index >= 15 is 0 Å². The molecule has 0 bridgehead atoms. The number of nitrogens with zero attached hydrogens (tertiary/aromatic N) is 3. The fourth-order valence-electron chi connectivity index (χ4n) is 5.34. The molecule has 0 fully saturated rings. The second kappa shape index (κ2) is 9.48. The van der Waals surface area contributed by atoms with Crippen molar-refractivity contribution in [2.45, 2.75) is 43.5 Å². The summed E-state index contributed by atoms with van der Waals surface area (Å²) in [6.45, 7) is 4.89. The van der Waals surface area contributed by atoms with Crippen molar-refractivity contribution in [1.29, 1.82) is 0 Å². The van der Waals surface area contributed by atoms with Crippen molar-refractivity contribution in [2.24, 2.45) is 0 Å². The lowest BCUT2D eigenvalue weighted by Gasteiger charge is -2.35. The van der Waals surface area contributed by atoms with Crippen molar-refractivity contribution in [2.75, 3.05) is 26.2 Å². The molecule has 1 atom stereocenters. The molecule has 2 aliphatic rings. The van der Waals surface area contributed by atoms with Gasteiger partial charge < -0.3 is 0 Å². The number of fused-ring (bicyclic) bond motifs is 1. The molecule has 170 valence electrons. The number of hydrogen-bond acceptors (Lipinski definition) is 4. The molecule has 7 heteroatoms. The molecular weight excluding hydrogens is 442 g/mol. The van der Waals surface area contributed by atoms with Crippen molar-refractivity contribution < 1.29 is 8.42 Å². The van der Waals surface area contributed by atoms with Gasteiger partial charge in [-0.15, -0.1) is 12.4 Å². The molecule has 5 rings (SSSR count). The molecule has 0 saturated carbocycles. The van der Waals surface area contributed by atoms with Crippen molar-refractivity contribution in [1.82, 2.24) is 14.2 Å². The summed E-state index contributed by atoms with van der Waals surface area (Å²) in [5.74, 6) is 0. The van der Waals surface area contributed by atoms with Gasteiger partial charge in [0.1, 0.15) is 4.90 Å². The van der Waals surface area contributed by atoms with Crippen molar-refractivity contribution in [3.8, 4) is 0 Å². The van der Waals surface area contributed by atoms with E-state index in [9.17, 15) is 8.42 Å². The highest BCUT2D eigenvalue weighted by Gasteiger charge is 2.33. The maximum atomic E-state index is 13.4. The monoisotopic (exact) mass is 471 g/mol. The molecule has 0 amide bonds. The van der Waals surface area contributed by atoms with E-state index in [1.165, 1.54) is 17.5 Å². The third-order valence-electron chi connectivity index (χ3n) is 6.84. The molecule has 3 aromatic rings. The van der Waals surface area contributed by atoms with Crippen LogP contribution in [0.3, 0.4) is 0 Å². The van der Waals surface area contributed by atoms with E-state index in [2.05, 4.69) is 28.1 Å². The third kappa shape index (κ3) is 4.05. The minimum Gasteiger partial charge on any atom is -0.296 e. The molecule has 1 aliphatic heterocycles. The van der Waals surface area contributed by atoms with Crippen LogP contribution >= 0.6 is 12.4 Å². The molecule has 1 aliphatic carbocycles. The second-order valence-electron chi connectivity index (χ2n) is 8.51. The van der Waals surface area contributed by atoms with Gasteiger partial charge in [0.05, 0.1) is 5.52 Å². The van der Waals surface area contributed by atoms with Gasteiger partial charge in [0, 0.05) is 43.8 Å². The Morgan fingerprint density at radius 2 is 1.81 bits per heavy atom. The number of benzene rings is 2. The lowest BCUT2D eigenvalue weighted by molar-refractivity contribution is 0.179. The van der Waals surface area contributed by atoms with E-state index in [1.807, 2.05) is 25.1 Å². The molecule has 1 unspecified atom stereocenters. The number of rotatable bonds is 7. The Labute approximate surface area is 196 Å². The Balaban J connectivity index is 0.00000245. The minimum absolute atomic E-state index is 0. The van der Waals surface area contributed by atoms with Gasteiger partial charge in [-0.1, -0.05) is 43.3 Å². The number of para-hydroxylation sites is 1. The normalized spacial score (nSPS) is 18.0. The Morgan fingerprint density at radius 3 is 2.62 bits per heavy atom. The quantitative estimate of drug-likeness (QED) is 0.505. The van der Waals surface area contributed by atoms with E-state index in [-0.39, 0.29) is 12.4 Å². The highest BCUT2D eigenvalue weighted by Crippen LogP contribution is 2.41. The molecule has 0 saturated heterocycles. The first kappa shape index (κ1) is 23.2. The van der Waals surface area contributed by atoms with Crippen molar-refractivity contribution in [3.05, 3.63) is 71.4 Å². The first-order valence-electron chi connectivity index (χ1n) is 11.3. The van der Waals surface area contributed by atoms with Gasteiger partial charge in [-0.05, 0) is 54.5 Å². The predicted octanol–water partition coefficient (Wildman–Crippen LogP) is 4.60. The van der Waals surface area contributed by atoms with Crippen LogP contribution in [0.4, 0.5) is 0 Å². The van der Waals surface area contributed by atoms with Crippen LogP contribution in [-0.2, 0) is 22.9 Å². The number of aromatic nitrogens is 1. The van der Waals surface area contributed by atoms with Crippen LogP contribution in [-0.4, -0.2) is 48.8 Å². The summed E-state index contributed by atoms with van der Waals surface area (Å²) >= 11 is 0. The number of pyridine rings is 1. The lowest BCUT2D eigenvalue weighted by atomic mass is 9.93. The number of hydrogen-bond donors (Lipinski definition) is 0. The molecule has 1 aromatic heterocycles. The average Bonchev–Trinajstić information content (AvgIpc) is 3.23. The molecule has 2 aromatic carbocycles. The van der Waals surface area contributed by atoms with Gasteiger partial charge in [0.2, 0.25) is 10.0 Å². The summed E-state index contributed by atoms with van der Waals surface area (Å²) < 4.78 is 28.5. The molecule has 0 spiro atoms. The highest BCUT2D eigenvalue weighted by molar-refractivity contribution is 7.89. The Kier molecular flexibility index (Phi) is 6.86. The van der Waals surface area contributed by atoms with E-state index in [0.717, 1.165) is 37.7 Å². The largest absolute Gasteiger partial charge is 0.296 e. The summed E-state index contributed by atoms with van der Waals surface area (Å²) in [5.41, 5.74) is 5.12. The molecule has 32 heavy (non-hydrogen) atoms. The predicted molar refractivity (Wildman–Crippen MR) is 131 cm³/mol. The number of aryl methyl sites for hydroxylation is 1. The fraction of sp³-hybridized carbons (Fsp3) is 0.400. The summed E-state index contributed by atoms with van der Waals surface area (Å²) in [7, 11) is -3.59. The summed E-state index contributed by atoms with van der Waals surface area (Å²) in [5, 5.41) is 0.851. The Bertz CT molecular complexity index is 1210. The zero-order valence-electron chi connectivity index (χ0n) is 18.4. The van der Waals surface area contributed by atoms with Crippen LogP contribution in [0, 0.1) is 0 Å². The van der Waals surface area contributed by atoms with Gasteiger partial charge in [0.15, 0.2) is 0 Å². The average molecular weight is 472 g/mol. The smallest absolute Gasteiger partial charge is 0.245 e. The van der Waals surface area contributed by atoms with Gasteiger partial charge in [0.25, 0.3) is 0 Å². The van der Waals surface area contributed by atoms with Crippen LogP contribution in [0.25, 0.3) is 10.9 Å². The molecular formula is C25H30ClN3O2S. The topological polar surface area (TPSA) is 53.5 Å². The first-order valence-corrected chi connectivity index (χ1v) is 12.7. The van der Waals surface area contributed by atoms with Crippen LogP contribution in [0.1, 0.15) is 42.5 Å². The van der Waals surface area contributed by atoms with Crippen LogP contribution in [0.5, 0.6) is 0 Å². The van der Waals surface area contributed by atoms with E-state index < -0.39 is 10.0 Å². The summed E-state index contributed by atoms with van der Waals surface area (Å²) in [6, 6.07) is 16.4. The van der Waals surface area contributed by atoms with Gasteiger partial charge in [-0.3, -0.25) is 9.88 Å². The first-order chi connectivity index (χ1) is 15.1. The highest BCUT2D eigenvalue weighted by atomic mass is 35.5. The van der Waals surface area contributed by atoms with Gasteiger partial charge in [-0.25, -0.2) is 8.42 Å². The Morgan fingerprint density at radius 1 is 1.06 bits per heavy atom. The van der Waals surface area contributed by atoms with Crippen LogP contribution in [0.2, 0.25) is 0 Å². The zero-order chi connectivity index (χ0) is 21.4. The van der Waals surface area contributed by atoms with E-state index in [1.54, 1.807) is 28.2 Å². The standard InChI is InChI=1S/C25H29N3O2S.ClH/c1-2-28(31(29,30)23-11-4-9-21-10-5-15-26-25(21)23)17-6-16-27-18-14-20-8-3-7-19-12-13-22(27)24(19)20;/h3-5,7-11,15,22H,2,6,12-14,16-18H2,1H3;1H. The zero-order valence-corrected chi connectivity index (χ0v) is 20.0. The second-order valence-corrected chi connectivity index (χ2v) is 10.4. The fourth-order valence-corrected chi connectivity index (χ4v) is 6.99. The van der Waals surface area contributed by atoms with E-state index in [4.69, 9.17) is 0 Å². The molecule has 2 heterocycles. The Hall–Kier alpha value is -1.99. The summed E-state index contributed by atoms with van der Waals surface area (Å²) in [6.07, 6.45) is 5.93. The van der Waals surface area contributed by atoms with Crippen molar-refractivity contribution >= 4 is 33.3 Å². The molecule has 0 radical (unpaired) electrons. The third-order valence-corrected chi connectivity index (χ3v) is 8.84. The lowest BCUT2D eigenvalue weighted by Crippen LogP contribution is -2.38. The van der Waals surface area contributed by atoms with E-state index in [0.29, 0.717) is 29.5 Å².